The number of hydrogen-bond donors (Lipinski definition) is 1. The average Bonchev–Trinajstić information content (AvgIpc) is 2.93. The molecule has 3 rings (SSSR count). The number of benzene rings is 1. The highest BCUT2D eigenvalue weighted by Gasteiger charge is 2.11. The molecule has 0 amide bonds. The number of nitrogens with one attached hydrogen (secondary N) is 1. The molecule has 96 valence electrons. The highest BCUT2D eigenvalue weighted by atomic mass is 14.9. The van der Waals surface area contributed by atoms with E-state index in [1.165, 1.54) is 42.4 Å². The Bertz CT molecular complexity index is 619. The number of aromatic amines is 1. The Balaban J connectivity index is 1.85. The fourth-order valence-corrected chi connectivity index (χ4v) is 2.71. The van der Waals surface area contributed by atoms with Gasteiger partial charge in [0.15, 0.2) is 0 Å². The van der Waals surface area contributed by atoms with Gasteiger partial charge in [0.2, 0.25) is 0 Å². The average molecular weight is 251 g/mol. The molecule has 0 saturated carbocycles. The SMILES string of the molecule is N#CCCc1ncc(-c2ccc3c(c2)CCCC3)[nH]1. The van der Waals surface area contributed by atoms with E-state index in [1.807, 2.05) is 6.20 Å². The predicted octanol–water partition coefficient (Wildman–Crippen LogP) is 3.41. The van der Waals surface area contributed by atoms with Crippen LogP contribution in [-0.2, 0) is 19.3 Å². The van der Waals surface area contributed by atoms with E-state index in [1.54, 1.807) is 0 Å². The topological polar surface area (TPSA) is 52.5 Å². The van der Waals surface area contributed by atoms with Crippen LogP contribution < -0.4 is 0 Å². The first kappa shape index (κ1) is 12.0. The van der Waals surface area contributed by atoms with E-state index in [0.29, 0.717) is 12.8 Å². The third-order valence-corrected chi connectivity index (χ3v) is 3.76. The van der Waals surface area contributed by atoms with Crippen LogP contribution in [0.5, 0.6) is 0 Å². The summed E-state index contributed by atoms with van der Waals surface area (Å²) in [6.45, 7) is 0. The lowest BCUT2D eigenvalue weighted by molar-refractivity contribution is 0.686. The minimum Gasteiger partial charge on any atom is -0.342 e. The normalized spacial score (nSPS) is 13.8. The first-order chi connectivity index (χ1) is 9.36. The van der Waals surface area contributed by atoms with Crippen molar-refractivity contribution in [1.82, 2.24) is 9.97 Å². The van der Waals surface area contributed by atoms with Crippen molar-refractivity contribution in [2.24, 2.45) is 0 Å². The number of imidazole rings is 1. The van der Waals surface area contributed by atoms with Crippen molar-refractivity contribution in [3.05, 3.63) is 41.3 Å². The molecule has 0 saturated heterocycles. The summed E-state index contributed by atoms with van der Waals surface area (Å²) in [7, 11) is 0. The van der Waals surface area contributed by atoms with Gasteiger partial charge in [-0.25, -0.2) is 4.98 Å². The monoisotopic (exact) mass is 251 g/mol. The van der Waals surface area contributed by atoms with Crippen molar-refractivity contribution >= 4 is 0 Å². The Labute approximate surface area is 113 Å². The van der Waals surface area contributed by atoms with Crippen LogP contribution in [0.15, 0.2) is 24.4 Å². The first-order valence-electron chi connectivity index (χ1n) is 6.90. The summed E-state index contributed by atoms with van der Waals surface area (Å²) in [6.07, 6.45) is 8.10. The summed E-state index contributed by atoms with van der Waals surface area (Å²) >= 11 is 0. The van der Waals surface area contributed by atoms with Crippen molar-refractivity contribution in [2.75, 3.05) is 0 Å². The maximum atomic E-state index is 8.59. The molecule has 0 aliphatic heterocycles. The van der Waals surface area contributed by atoms with Crippen LogP contribution in [0.2, 0.25) is 0 Å². The smallest absolute Gasteiger partial charge is 0.107 e. The molecule has 1 aromatic carbocycles. The molecular weight excluding hydrogens is 234 g/mol. The van der Waals surface area contributed by atoms with E-state index < -0.39 is 0 Å². The molecule has 0 bridgehead atoms. The van der Waals surface area contributed by atoms with Gasteiger partial charge in [-0.2, -0.15) is 5.26 Å². The molecule has 1 N–H and O–H groups in total. The molecule has 3 heteroatoms. The van der Waals surface area contributed by atoms with E-state index in [2.05, 4.69) is 34.2 Å². The maximum Gasteiger partial charge on any atom is 0.107 e. The first-order valence-corrected chi connectivity index (χ1v) is 6.90. The van der Waals surface area contributed by atoms with Gasteiger partial charge in [0, 0.05) is 12.8 Å². The van der Waals surface area contributed by atoms with Crippen molar-refractivity contribution in [3.8, 4) is 17.3 Å². The van der Waals surface area contributed by atoms with Gasteiger partial charge in [-0.3, -0.25) is 0 Å². The molecular formula is C16H17N3. The molecule has 0 spiro atoms. The largest absolute Gasteiger partial charge is 0.342 e. The zero-order valence-corrected chi connectivity index (χ0v) is 10.9. The Morgan fingerprint density at radius 3 is 2.89 bits per heavy atom. The molecule has 1 aliphatic carbocycles. The highest BCUT2D eigenvalue weighted by Crippen LogP contribution is 2.26. The number of aryl methyl sites for hydroxylation is 3. The lowest BCUT2D eigenvalue weighted by Crippen LogP contribution is -2.02. The quantitative estimate of drug-likeness (QED) is 0.908. The van der Waals surface area contributed by atoms with Crippen LogP contribution >= 0.6 is 0 Å². The van der Waals surface area contributed by atoms with Crippen molar-refractivity contribution in [1.29, 1.82) is 5.26 Å². The van der Waals surface area contributed by atoms with Gasteiger partial charge in [0.05, 0.1) is 18.0 Å². The van der Waals surface area contributed by atoms with Gasteiger partial charge in [-0.05, 0) is 48.4 Å². The summed E-state index contributed by atoms with van der Waals surface area (Å²) in [5.41, 5.74) is 5.24. The van der Waals surface area contributed by atoms with Gasteiger partial charge in [-0.15, -0.1) is 0 Å². The maximum absolute atomic E-state index is 8.59. The Morgan fingerprint density at radius 1 is 1.21 bits per heavy atom. The molecule has 0 atom stereocenters. The number of hydrogen-bond acceptors (Lipinski definition) is 2. The van der Waals surface area contributed by atoms with Crippen LogP contribution in [0, 0.1) is 11.3 Å². The predicted molar refractivity (Wildman–Crippen MR) is 74.6 cm³/mol. The summed E-state index contributed by atoms with van der Waals surface area (Å²) in [5, 5.41) is 8.59. The highest BCUT2D eigenvalue weighted by molar-refractivity contribution is 5.60. The molecule has 19 heavy (non-hydrogen) atoms. The minimum atomic E-state index is 0.511. The van der Waals surface area contributed by atoms with Crippen LogP contribution in [-0.4, -0.2) is 9.97 Å². The lowest BCUT2D eigenvalue weighted by Gasteiger charge is -2.16. The van der Waals surface area contributed by atoms with Crippen molar-refractivity contribution in [3.63, 3.8) is 0 Å². The molecule has 3 nitrogen and oxygen atoms in total. The Kier molecular flexibility index (Phi) is 3.33. The second-order valence-electron chi connectivity index (χ2n) is 5.09. The number of nitriles is 1. The van der Waals surface area contributed by atoms with Gasteiger partial charge in [-0.1, -0.05) is 12.1 Å². The zero-order chi connectivity index (χ0) is 13.1. The summed E-state index contributed by atoms with van der Waals surface area (Å²) in [6, 6.07) is 8.86. The van der Waals surface area contributed by atoms with E-state index in [0.717, 1.165) is 11.5 Å². The van der Waals surface area contributed by atoms with E-state index in [4.69, 9.17) is 5.26 Å². The van der Waals surface area contributed by atoms with Crippen LogP contribution in [0.25, 0.3) is 11.3 Å². The molecule has 0 radical (unpaired) electrons. The Morgan fingerprint density at radius 2 is 2.05 bits per heavy atom. The summed E-state index contributed by atoms with van der Waals surface area (Å²) < 4.78 is 0. The molecule has 0 unspecified atom stereocenters. The van der Waals surface area contributed by atoms with Crippen LogP contribution in [0.1, 0.15) is 36.2 Å². The number of rotatable bonds is 3. The number of aromatic nitrogens is 2. The van der Waals surface area contributed by atoms with E-state index >= 15 is 0 Å². The minimum absolute atomic E-state index is 0.511. The second kappa shape index (κ2) is 5.27. The van der Waals surface area contributed by atoms with Gasteiger partial charge in [0.25, 0.3) is 0 Å². The van der Waals surface area contributed by atoms with Gasteiger partial charge in [0.1, 0.15) is 5.82 Å². The van der Waals surface area contributed by atoms with Crippen LogP contribution in [0.3, 0.4) is 0 Å². The number of H-pyrrole nitrogens is 1. The van der Waals surface area contributed by atoms with Gasteiger partial charge < -0.3 is 4.98 Å². The molecule has 1 aliphatic rings. The van der Waals surface area contributed by atoms with Crippen molar-refractivity contribution < 1.29 is 0 Å². The molecule has 1 heterocycles. The number of nitrogens with zero attached hydrogens (tertiary/aromatic N) is 2. The van der Waals surface area contributed by atoms with Crippen molar-refractivity contribution in [2.45, 2.75) is 38.5 Å². The van der Waals surface area contributed by atoms with Crippen LogP contribution in [0.4, 0.5) is 0 Å². The molecule has 1 aromatic heterocycles. The fourth-order valence-electron chi connectivity index (χ4n) is 2.71. The Hall–Kier alpha value is -2.08. The van der Waals surface area contributed by atoms with E-state index in [-0.39, 0.29) is 0 Å². The lowest BCUT2D eigenvalue weighted by atomic mass is 9.90. The summed E-state index contributed by atoms with van der Waals surface area (Å²) in [5.74, 6) is 0.897. The molecule has 0 fully saturated rings. The summed E-state index contributed by atoms with van der Waals surface area (Å²) in [4.78, 5) is 7.64. The third kappa shape index (κ3) is 2.53. The zero-order valence-electron chi connectivity index (χ0n) is 10.9. The molecule has 2 aromatic rings. The standard InChI is InChI=1S/C16H17N3/c17-9-3-6-16-18-11-15(19-16)14-8-7-12-4-1-2-5-13(12)10-14/h7-8,10-11H,1-6H2,(H,18,19). The van der Waals surface area contributed by atoms with E-state index in [9.17, 15) is 0 Å². The fraction of sp³-hybridized carbons (Fsp3) is 0.375. The number of fused-ring (bicyclic) bond motifs is 1. The third-order valence-electron chi connectivity index (χ3n) is 3.76. The van der Waals surface area contributed by atoms with Gasteiger partial charge >= 0.3 is 0 Å². The second-order valence-corrected chi connectivity index (χ2v) is 5.09.